The van der Waals surface area contributed by atoms with Crippen LogP contribution in [0.5, 0.6) is 0 Å². The molecule has 0 aromatic heterocycles. The van der Waals surface area contributed by atoms with E-state index in [0.717, 1.165) is 11.8 Å². The number of rotatable bonds is 5. The van der Waals surface area contributed by atoms with Crippen molar-refractivity contribution in [2.75, 3.05) is 0 Å². The molecule has 0 aromatic rings. The van der Waals surface area contributed by atoms with Crippen molar-refractivity contribution in [2.45, 2.75) is 64.9 Å². The Morgan fingerprint density at radius 2 is 1.07 bits per heavy atom. The Morgan fingerprint density at radius 1 is 0.786 bits per heavy atom. The van der Waals surface area contributed by atoms with Crippen LogP contribution < -0.4 is 0 Å². The predicted molar refractivity (Wildman–Crippen MR) is 77.0 cm³/mol. The lowest BCUT2D eigenvalue weighted by Gasteiger charge is -2.03. The van der Waals surface area contributed by atoms with Crippen molar-refractivity contribution >= 4 is 32.6 Å². The van der Waals surface area contributed by atoms with Crippen molar-refractivity contribution < 1.29 is 0 Å². The van der Waals surface area contributed by atoms with Gasteiger partial charge in [-0.3, -0.25) is 0 Å². The molecule has 86 valence electrons. The van der Waals surface area contributed by atoms with Crippen LogP contribution >= 0.6 is 0 Å². The van der Waals surface area contributed by atoms with Crippen LogP contribution in [0.25, 0.3) is 0 Å². The van der Waals surface area contributed by atoms with Crippen LogP contribution in [0, 0.1) is 11.8 Å². The van der Waals surface area contributed by atoms with Gasteiger partial charge in [-0.05, 0) is 0 Å². The minimum absolute atomic E-state index is 0. The van der Waals surface area contributed by atoms with Crippen LogP contribution in [-0.4, -0.2) is 32.6 Å². The standard InChI is InChI=1S/2C4H9.C4H10.2Al.4H/c2*1-4(2)3;1-3-4-2;;;;;;/h2*4H,1H2,2-3H3;3-4H2,1-2H3;;;;;;. The highest BCUT2D eigenvalue weighted by Crippen LogP contribution is 2.05. The van der Waals surface area contributed by atoms with Gasteiger partial charge in [-0.1, -0.05) is 76.8 Å². The molecule has 0 nitrogen and oxygen atoms in total. The first-order chi connectivity index (χ1) is 6.04. The van der Waals surface area contributed by atoms with E-state index in [1.54, 1.807) is 0 Å². The second kappa shape index (κ2) is 16.5. The smallest absolute Gasteiger partial charge is 0.0950 e. The summed E-state index contributed by atoms with van der Waals surface area (Å²) in [6, 6.07) is 0. The van der Waals surface area contributed by atoms with Gasteiger partial charge < -0.3 is 0 Å². The molecule has 0 radical (unpaired) electrons. The molecule has 0 fully saturated rings. The summed E-state index contributed by atoms with van der Waals surface area (Å²) in [5.74, 6) is 1.91. The van der Waals surface area contributed by atoms with Crippen LogP contribution in [0.3, 0.4) is 0 Å². The van der Waals surface area contributed by atoms with E-state index < -0.39 is 0 Å². The number of hydrogen-bond donors (Lipinski definition) is 0. The highest BCUT2D eigenvalue weighted by atomic mass is 27.1. The van der Waals surface area contributed by atoms with Gasteiger partial charge in [-0.25, -0.2) is 0 Å². The molecule has 0 unspecified atom stereocenters. The van der Waals surface area contributed by atoms with Crippen LogP contribution in [0.2, 0.25) is 10.6 Å². The van der Waals surface area contributed by atoms with Crippen LogP contribution in [0.4, 0.5) is 0 Å². The summed E-state index contributed by atoms with van der Waals surface area (Å²) in [7, 11) is 0. The van der Waals surface area contributed by atoms with Gasteiger partial charge in [0, 0.05) is 0 Å². The van der Waals surface area contributed by atoms with E-state index in [4.69, 9.17) is 0 Å². The minimum atomic E-state index is 0. The fraction of sp³-hybridized carbons (Fsp3) is 1.00. The molecule has 0 aliphatic heterocycles. The lowest BCUT2D eigenvalue weighted by molar-refractivity contribution is 0.700. The van der Waals surface area contributed by atoms with E-state index in [2.05, 4.69) is 41.5 Å². The first kappa shape index (κ1) is 20.5. The first-order valence-electron chi connectivity index (χ1n) is 6.04. The second-order valence-electron chi connectivity index (χ2n) is 4.72. The normalized spacial score (nSPS) is 9.14. The summed E-state index contributed by atoms with van der Waals surface area (Å²) >= 11 is 0.316. The molecule has 0 rings (SSSR count). The quantitative estimate of drug-likeness (QED) is 0.636. The van der Waals surface area contributed by atoms with Crippen LogP contribution in [-0.2, 0) is 0 Å². The van der Waals surface area contributed by atoms with E-state index >= 15 is 0 Å². The lowest BCUT2D eigenvalue weighted by Crippen LogP contribution is -1.99. The number of unbranched alkanes of at least 4 members (excludes halogenated alkanes) is 1. The molecule has 0 aliphatic carbocycles. The van der Waals surface area contributed by atoms with Crippen molar-refractivity contribution in [3.63, 3.8) is 0 Å². The fourth-order valence-electron chi connectivity index (χ4n) is 0.934. The fourth-order valence-corrected chi connectivity index (χ4v) is 2.80. The molecule has 0 amide bonds. The average Bonchev–Trinajstić information content (AvgIpc) is 2.03. The maximum absolute atomic E-state index is 2.33. The van der Waals surface area contributed by atoms with Crippen LogP contribution in [0.1, 0.15) is 54.4 Å². The monoisotopic (exact) mass is 230 g/mol. The molecule has 0 spiro atoms. The highest BCUT2D eigenvalue weighted by Gasteiger charge is 1.99. The maximum Gasteiger partial charge on any atom is 0.237 e. The molecule has 14 heavy (non-hydrogen) atoms. The molecule has 0 bridgehead atoms. The van der Waals surface area contributed by atoms with Gasteiger partial charge >= 0.3 is 0 Å². The van der Waals surface area contributed by atoms with Gasteiger partial charge in [-0.2, -0.15) is 0 Å². The van der Waals surface area contributed by atoms with Gasteiger partial charge in [0.05, 0.1) is 0 Å². The third-order valence-electron chi connectivity index (χ3n) is 2.06. The average molecular weight is 230 g/mol. The molecule has 2 heteroatoms. The second-order valence-corrected chi connectivity index (χ2v) is 6.58. The maximum atomic E-state index is 2.33. The zero-order chi connectivity index (χ0) is 10.7. The molecule has 0 N–H and O–H groups in total. The Bertz CT molecular complexity index is 70.4. The Labute approximate surface area is 109 Å². The molecule has 0 aromatic carbocycles. The molecule has 0 saturated carbocycles. The molecule has 0 aliphatic rings. The van der Waals surface area contributed by atoms with Gasteiger partial charge in [0.2, 0.25) is 15.2 Å². The summed E-state index contributed by atoms with van der Waals surface area (Å²) in [6.07, 6.45) is 2.64. The van der Waals surface area contributed by atoms with E-state index in [9.17, 15) is 0 Å². The van der Waals surface area contributed by atoms with E-state index in [-0.39, 0.29) is 17.4 Å². The molecular formula is C12H32Al2. The Kier molecular flexibility index (Phi) is 24.1. The van der Waals surface area contributed by atoms with Gasteiger partial charge in [0.1, 0.15) is 0 Å². The Hall–Kier alpha value is 1.06. The zero-order valence-electron chi connectivity index (χ0n) is 10.7. The van der Waals surface area contributed by atoms with Crippen molar-refractivity contribution in [1.29, 1.82) is 0 Å². The third kappa shape index (κ3) is 29.2. The van der Waals surface area contributed by atoms with E-state index in [1.807, 2.05) is 0 Å². The SMILES string of the molecule is CC(C)[CH2][AlH][CH2]C(C)C.CCCC.[AlH3]. The van der Waals surface area contributed by atoms with Gasteiger partial charge in [0.15, 0.2) is 17.4 Å². The van der Waals surface area contributed by atoms with Gasteiger partial charge in [-0.15, -0.1) is 0 Å². The van der Waals surface area contributed by atoms with E-state index in [0.29, 0.717) is 15.2 Å². The summed E-state index contributed by atoms with van der Waals surface area (Å²) in [5.41, 5.74) is 0. The summed E-state index contributed by atoms with van der Waals surface area (Å²) in [5, 5.41) is 3.08. The summed E-state index contributed by atoms with van der Waals surface area (Å²) in [4.78, 5) is 0. The summed E-state index contributed by atoms with van der Waals surface area (Å²) < 4.78 is 0. The highest BCUT2D eigenvalue weighted by molar-refractivity contribution is 6.35. The topological polar surface area (TPSA) is 0 Å². The molecular weight excluding hydrogens is 198 g/mol. The third-order valence-corrected chi connectivity index (χ3v) is 5.19. The predicted octanol–water partition coefficient (Wildman–Crippen LogP) is 3.19. The first-order valence-corrected chi connectivity index (χ1v) is 8.04. The summed E-state index contributed by atoms with van der Waals surface area (Å²) in [6.45, 7) is 13.7. The number of hydrogen-bond acceptors (Lipinski definition) is 0. The van der Waals surface area contributed by atoms with Crippen molar-refractivity contribution in [2.24, 2.45) is 11.8 Å². The Balaban J connectivity index is -0.000000209. The van der Waals surface area contributed by atoms with Crippen molar-refractivity contribution in [3.8, 4) is 0 Å². The van der Waals surface area contributed by atoms with Crippen molar-refractivity contribution in [1.82, 2.24) is 0 Å². The molecule has 0 heterocycles. The molecule has 0 atom stereocenters. The zero-order valence-corrected chi connectivity index (χ0v) is 12.1. The van der Waals surface area contributed by atoms with Crippen molar-refractivity contribution in [3.05, 3.63) is 0 Å². The van der Waals surface area contributed by atoms with Gasteiger partial charge in [0.25, 0.3) is 0 Å². The molecule has 0 saturated heterocycles. The lowest BCUT2D eigenvalue weighted by atomic mass is 10.3. The minimum Gasteiger partial charge on any atom is -0.0950 e. The largest absolute Gasteiger partial charge is 0.237 e. The van der Waals surface area contributed by atoms with Crippen LogP contribution in [0.15, 0.2) is 0 Å². The van der Waals surface area contributed by atoms with E-state index in [1.165, 1.54) is 23.4 Å². The Morgan fingerprint density at radius 3 is 1.21 bits per heavy atom.